The van der Waals surface area contributed by atoms with Crippen LogP contribution in [0.5, 0.6) is 0 Å². The molecule has 1 N–H and O–H groups in total. The van der Waals surface area contributed by atoms with E-state index in [1.165, 1.54) is 16.8 Å². The number of aryl methyl sites for hydroxylation is 1. The molecule has 0 saturated carbocycles. The number of benzene rings is 1. The number of amides is 1. The first-order chi connectivity index (χ1) is 13.0. The van der Waals surface area contributed by atoms with Gasteiger partial charge in [-0.3, -0.25) is 14.3 Å². The Balaban J connectivity index is 1.66. The minimum Gasteiger partial charge on any atom is -0.348 e. The van der Waals surface area contributed by atoms with E-state index in [0.29, 0.717) is 18.6 Å². The van der Waals surface area contributed by atoms with Crippen molar-refractivity contribution in [1.29, 1.82) is 0 Å². The van der Waals surface area contributed by atoms with Crippen LogP contribution in [0.4, 0.5) is 4.39 Å². The number of para-hydroxylation sites is 1. The van der Waals surface area contributed by atoms with Gasteiger partial charge in [0.25, 0.3) is 5.91 Å². The first-order valence-corrected chi connectivity index (χ1v) is 9.71. The fourth-order valence-electron chi connectivity index (χ4n) is 4.61. The zero-order chi connectivity index (χ0) is 19.1. The van der Waals surface area contributed by atoms with E-state index in [4.69, 9.17) is 0 Å². The lowest BCUT2D eigenvalue weighted by atomic mass is 9.98. The van der Waals surface area contributed by atoms with E-state index >= 15 is 0 Å². The standard InChI is InChI=1S/C20H25FN4O2/c1-3-9-25-18-15(5-4-6-16(18)21)19(26)17(23-25)20(27)22-12-10-13-7-8-14(11-12)24(13)2/h4-6,12-14H,3,7-11H2,1-2H3,(H,22,27). The number of halogens is 1. The molecule has 1 amide bonds. The van der Waals surface area contributed by atoms with Crippen LogP contribution in [0.2, 0.25) is 0 Å². The van der Waals surface area contributed by atoms with E-state index in [-0.39, 0.29) is 22.6 Å². The van der Waals surface area contributed by atoms with Crippen molar-refractivity contribution in [3.63, 3.8) is 0 Å². The zero-order valence-electron chi connectivity index (χ0n) is 15.7. The highest BCUT2D eigenvalue weighted by Gasteiger charge is 2.39. The lowest BCUT2D eigenvalue weighted by Gasteiger charge is -2.36. The maximum absolute atomic E-state index is 14.3. The van der Waals surface area contributed by atoms with E-state index in [1.54, 1.807) is 6.07 Å². The van der Waals surface area contributed by atoms with Crippen molar-refractivity contribution in [2.24, 2.45) is 0 Å². The number of carbonyl (C=O) groups excluding carboxylic acids is 1. The predicted octanol–water partition coefficient (Wildman–Crippen LogP) is 2.30. The van der Waals surface area contributed by atoms with Gasteiger partial charge in [0.05, 0.1) is 5.39 Å². The largest absolute Gasteiger partial charge is 0.348 e. The van der Waals surface area contributed by atoms with Crippen LogP contribution in [-0.4, -0.2) is 45.8 Å². The lowest BCUT2D eigenvalue weighted by Crippen LogP contribution is -2.49. The molecule has 2 atom stereocenters. The smallest absolute Gasteiger partial charge is 0.276 e. The summed E-state index contributed by atoms with van der Waals surface area (Å²) in [4.78, 5) is 28.0. The van der Waals surface area contributed by atoms with Gasteiger partial charge in [-0.25, -0.2) is 4.39 Å². The zero-order valence-corrected chi connectivity index (χ0v) is 15.7. The summed E-state index contributed by atoms with van der Waals surface area (Å²) >= 11 is 0. The van der Waals surface area contributed by atoms with Crippen molar-refractivity contribution in [2.45, 2.75) is 63.7 Å². The number of rotatable bonds is 4. The summed E-state index contributed by atoms with van der Waals surface area (Å²) in [6, 6.07) is 5.39. The third kappa shape index (κ3) is 3.14. The third-order valence-electron chi connectivity index (χ3n) is 6.01. The second-order valence-electron chi connectivity index (χ2n) is 7.73. The molecule has 6 nitrogen and oxygen atoms in total. The summed E-state index contributed by atoms with van der Waals surface area (Å²) in [5.74, 6) is -0.950. The molecule has 1 aromatic carbocycles. The average Bonchev–Trinajstić information content (AvgIpc) is 2.85. The Morgan fingerprint density at radius 1 is 1.30 bits per heavy atom. The van der Waals surface area contributed by atoms with Crippen LogP contribution in [0, 0.1) is 5.82 Å². The third-order valence-corrected chi connectivity index (χ3v) is 6.01. The van der Waals surface area contributed by atoms with Crippen LogP contribution in [0.3, 0.4) is 0 Å². The summed E-state index contributed by atoms with van der Waals surface area (Å²) in [6.07, 6.45) is 4.82. The first-order valence-electron chi connectivity index (χ1n) is 9.71. The fraction of sp³-hybridized carbons (Fsp3) is 0.550. The van der Waals surface area contributed by atoms with Crippen molar-refractivity contribution in [2.75, 3.05) is 7.05 Å². The Morgan fingerprint density at radius 3 is 2.67 bits per heavy atom. The SMILES string of the molecule is CCCn1nc(C(=O)NC2CC3CCC(C2)N3C)c(=O)c2cccc(F)c21. The van der Waals surface area contributed by atoms with Gasteiger partial charge >= 0.3 is 0 Å². The molecule has 27 heavy (non-hydrogen) atoms. The molecule has 0 spiro atoms. The Morgan fingerprint density at radius 2 is 2.00 bits per heavy atom. The number of nitrogens with one attached hydrogen (secondary N) is 1. The van der Waals surface area contributed by atoms with Crippen molar-refractivity contribution in [3.05, 3.63) is 39.9 Å². The summed E-state index contributed by atoms with van der Waals surface area (Å²) in [6.45, 7) is 2.39. The number of aromatic nitrogens is 2. The number of hydrogen-bond acceptors (Lipinski definition) is 4. The Hall–Kier alpha value is -2.28. The van der Waals surface area contributed by atoms with Crippen LogP contribution in [0.15, 0.2) is 23.0 Å². The maximum Gasteiger partial charge on any atom is 0.276 e. The van der Waals surface area contributed by atoms with Crippen LogP contribution < -0.4 is 10.7 Å². The van der Waals surface area contributed by atoms with Crippen molar-refractivity contribution >= 4 is 16.8 Å². The number of piperidine rings is 1. The van der Waals surface area contributed by atoms with E-state index in [0.717, 1.165) is 32.1 Å². The topological polar surface area (TPSA) is 67.2 Å². The van der Waals surface area contributed by atoms with Crippen molar-refractivity contribution in [1.82, 2.24) is 20.0 Å². The number of fused-ring (bicyclic) bond motifs is 3. The highest BCUT2D eigenvalue weighted by atomic mass is 19.1. The van der Waals surface area contributed by atoms with Gasteiger partial charge in [0.15, 0.2) is 5.69 Å². The molecule has 3 heterocycles. The molecule has 2 bridgehead atoms. The van der Waals surface area contributed by atoms with Gasteiger partial charge in [0.1, 0.15) is 11.3 Å². The highest BCUT2D eigenvalue weighted by Crippen LogP contribution is 2.34. The molecule has 2 aliphatic heterocycles. The summed E-state index contributed by atoms with van der Waals surface area (Å²) < 4.78 is 15.7. The molecule has 2 saturated heterocycles. The van der Waals surface area contributed by atoms with E-state index in [1.807, 2.05) is 6.92 Å². The Kier molecular flexibility index (Phi) is 4.72. The molecule has 2 aliphatic rings. The van der Waals surface area contributed by atoms with Gasteiger partial charge in [0, 0.05) is 24.7 Å². The number of nitrogens with zero attached hydrogens (tertiary/aromatic N) is 3. The van der Waals surface area contributed by atoms with Gasteiger partial charge in [0.2, 0.25) is 5.43 Å². The van der Waals surface area contributed by atoms with E-state index in [2.05, 4.69) is 22.4 Å². The molecular formula is C20H25FN4O2. The van der Waals surface area contributed by atoms with Gasteiger partial charge in [-0.05, 0) is 51.3 Å². The summed E-state index contributed by atoms with van der Waals surface area (Å²) in [5.41, 5.74) is -0.490. The highest BCUT2D eigenvalue weighted by molar-refractivity contribution is 5.95. The minimum atomic E-state index is -0.509. The predicted molar refractivity (Wildman–Crippen MR) is 101 cm³/mol. The monoisotopic (exact) mass is 372 g/mol. The van der Waals surface area contributed by atoms with Crippen LogP contribution >= 0.6 is 0 Å². The van der Waals surface area contributed by atoms with Crippen LogP contribution in [0.25, 0.3) is 10.9 Å². The van der Waals surface area contributed by atoms with Crippen molar-refractivity contribution < 1.29 is 9.18 Å². The summed E-state index contributed by atoms with van der Waals surface area (Å²) in [7, 11) is 2.14. The molecule has 2 unspecified atom stereocenters. The number of carbonyl (C=O) groups is 1. The molecule has 0 aliphatic carbocycles. The quantitative estimate of drug-likeness (QED) is 0.894. The normalized spacial score (nSPS) is 25.1. The molecule has 0 radical (unpaired) electrons. The molecule has 1 aromatic heterocycles. The van der Waals surface area contributed by atoms with Gasteiger partial charge in [-0.2, -0.15) is 5.10 Å². The summed E-state index contributed by atoms with van der Waals surface area (Å²) in [5, 5.41) is 7.44. The Bertz CT molecular complexity index is 927. The second kappa shape index (κ2) is 7.03. The lowest BCUT2D eigenvalue weighted by molar-refractivity contribution is 0.0874. The Labute approximate surface area is 157 Å². The van der Waals surface area contributed by atoms with E-state index < -0.39 is 17.2 Å². The van der Waals surface area contributed by atoms with E-state index in [9.17, 15) is 14.0 Å². The van der Waals surface area contributed by atoms with Gasteiger partial charge < -0.3 is 10.2 Å². The molecular weight excluding hydrogens is 347 g/mol. The average molecular weight is 372 g/mol. The van der Waals surface area contributed by atoms with Crippen LogP contribution in [-0.2, 0) is 6.54 Å². The van der Waals surface area contributed by atoms with Crippen LogP contribution in [0.1, 0.15) is 49.5 Å². The molecule has 2 aromatic rings. The molecule has 7 heteroatoms. The van der Waals surface area contributed by atoms with Gasteiger partial charge in [-0.1, -0.05) is 13.0 Å². The maximum atomic E-state index is 14.3. The molecule has 144 valence electrons. The second-order valence-corrected chi connectivity index (χ2v) is 7.73. The van der Waals surface area contributed by atoms with Crippen molar-refractivity contribution in [3.8, 4) is 0 Å². The molecule has 2 fully saturated rings. The number of hydrogen-bond donors (Lipinski definition) is 1. The molecule has 4 rings (SSSR count). The minimum absolute atomic E-state index is 0.0511. The first kappa shape index (κ1) is 18.1. The fourth-order valence-corrected chi connectivity index (χ4v) is 4.61. The van der Waals surface area contributed by atoms with Gasteiger partial charge in [-0.15, -0.1) is 0 Å².